The smallest absolute Gasteiger partial charge is 0.111 e. The lowest BCUT2D eigenvalue weighted by molar-refractivity contribution is 0.328. The first kappa shape index (κ1) is 44.9. The molecule has 54 heavy (non-hydrogen) atoms. The Kier molecular flexibility index (Phi) is 22.6. The van der Waals surface area contributed by atoms with E-state index in [0.29, 0.717) is 5.92 Å². The molecule has 0 spiro atoms. The van der Waals surface area contributed by atoms with E-state index in [2.05, 4.69) is 128 Å². The second-order valence-electron chi connectivity index (χ2n) is 15.7. The number of likely N-dealkylation sites (N-methyl/N-ethyl adjacent to an activating group) is 1. The summed E-state index contributed by atoms with van der Waals surface area (Å²) in [5, 5.41) is 11.5. The predicted molar refractivity (Wildman–Crippen MR) is 238 cm³/mol. The number of hydrogen-bond donors (Lipinski definition) is 3. The minimum absolute atomic E-state index is 0.215. The van der Waals surface area contributed by atoms with E-state index in [1.54, 1.807) is 0 Å². The first-order valence-electron chi connectivity index (χ1n) is 21.3. The maximum Gasteiger partial charge on any atom is 0.111 e. The average Bonchev–Trinajstić information content (AvgIpc) is 3.25. The van der Waals surface area contributed by atoms with Crippen molar-refractivity contribution in [2.75, 3.05) is 46.8 Å². The summed E-state index contributed by atoms with van der Waals surface area (Å²) in [7, 11) is 4.10. The van der Waals surface area contributed by atoms with Crippen LogP contribution >= 0.6 is 0 Å². The summed E-state index contributed by atoms with van der Waals surface area (Å²) in [4.78, 5) is 12.0. The molecule has 1 aromatic carbocycles. The normalized spacial score (nSPS) is 20.5. The molecular weight excluding hydrogens is 661 g/mol. The number of amidine groups is 2. The molecule has 0 radical (unpaired) electrons. The van der Waals surface area contributed by atoms with Gasteiger partial charge in [0.1, 0.15) is 5.84 Å². The number of allylic oxidation sites excluding steroid dienone is 6. The molecule has 0 saturated heterocycles. The van der Waals surface area contributed by atoms with Crippen molar-refractivity contribution in [3.8, 4) is 0 Å². The molecule has 1 aromatic rings. The molecule has 1 aliphatic heterocycles. The minimum Gasteiger partial charge on any atom is -0.372 e. The van der Waals surface area contributed by atoms with Gasteiger partial charge in [-0.25, -0.2) is 0 Å². The lowest BCUT2D eigenvalue weighted by atomic mass is 9.87. The molecule has 1 aliphatic carbocycles. The van der Waals surface area contributed by atoms with Gasteiger partial charge in [0.15, 0.2) is 0 Å². The van der Waals surface area contributed by atoms with Crippen molar-refractivity contribution in [3.63, 3.8) is 0 Å². The van der Waals surface area contributed by atoms with Crippen LogP contribution in [0, 0.1) is 11.8 Å². The number of benzene rings is 1. The van der Waals surface area contributed by atoms with Crippen molar-refractivity contribution in [2.45, 2.75) is 122 Å². The first-order chi connectivity index (χ1) is 26.3. The Bertz CT molecular complexity index is 1380. The third-order valence-corrected chi connectivity index (χ3v) is 10.8. The van der Waals surface area contributed by atoms with Gasteiger partial charge >= 0.3 is 0 Å². The molecule has 3 N–H and O–H groups in total. The maximum absolute atomic E-state index is 4.92. The van der Waals surface area contributed by atoms with Gasteiger partial charge in [-0.05, 0) is 89.4 Å². The molecule has 6 nitrogen and oxygen atoms in total. The summed E-state index contributed by atoms with van der Waals surface area (Å²) >= 11 is 0. The van der Waals surface area contributed by atoms with Crippen LogP contribution in [0.15, 0.2) is 113 Å². The molecular formula is C48H76N6. The number of hydrogen-bond acceptors (Lipinski definition) is 5. The molecule has 298 valence electrons. The Morgan fingerprint density at radius 2 is 1.83 bits per heavy atom. The topological polar surface area (TPSA) is 64.0 Å². The van der Waals surface area contributed by atoms with Gasteiger partial charge in [-0.2, -0.15) is 0 Å². The number of nitrogens with one attached hydrogen (secondary N) is 3. The molecule has 1 fully saturated rings. The molecule has 0 aromatic heterocycles. The van der Waals surface area contributed by atoms with Crippen molar-refractivity contribution in [3.05, 3.63) is 109 Å². The second-order valence-corrected chi connectivity index (χ2v) is 15.7. The Morgan fingerprint density at radius 1 is 1.04 bits per heavy atom. The fraction of sp³-hybridized carbons (Fsp3) is 0.583. The van der Waals surface area contributed by atoms with Gasteiger partial charge in [-0.1, -0.05) is 143 Å². The lowest BCUT2D eigenvalue weighted by Gasteiger charge is -2.26. The second kappa shape index (κ2) is 27.2. The van der Waals surface area contributed by atoms with Crippen molar-refractivity contribution in [2.24, 2.45) is 21.8 Å². The van der Waals surface area contributed by atoms with Crippen LogP contribution in [0.4, 0.5) is 0 Å². The summed E-state index contributed by atoms with van der Waals surface area (Å²) in [6.45, 7) is 22.2. The first-order valence-corrected chi connectivity index (χ1v) is 21.3. The SMILES string of the molecule is C=CC[C@H]1CN/C(CN(C)CCC)=N\CCC/C1=C/C(=C)C/C=C\C(=C)CC(C/C=C\CC)N/C(C[C@H](NCCC1CCCCC1)c1ccccc1)=N\C. The van der Waals surface area contributed by atoms with E-state index < -0.39 is 0 Å². The van der Waals surface area contributed by atoms with Crippen LogP contribution in [0.25, 0.3) is 0 Å². The zero-order chi connectivity index (χ0) is 38.8. The molecule has 0 amide bonds. The third kappa shape index (κ3) is 18.2. The molecule has 1 heterocycles. The maximum atomic E-state index is 4.92. The van der Waals surface area contributed by atoms with Gasteiger partial charge < -0.3 is 16.0 Å². The number of aliphatic imine (C=N–C) groups is 2. The van der Waals surface area contributed by atoms with E-state index >= 15 is 0 Å². The standard InChI is InChI=1S/C48H76N6/c1-8-11-14-29-45(53-47(49-6)36-46(42-26-17-13-18-27-42)50-32-30-41-24-15-12-16-25-41)35-40(5)23-19-22-39(4)34-43-28-20-31-51-48(38-54(7)33-10-3)52-37-44(43)21-9-2/h9,11,13-14,17-19,23,26-27,34,41,44-46,50H,2,4-5,8,10,12,15-16,20-22,24-25,28-33,35-38H2,1,3,6-7H3,(H,49,53)(H,51,52)/b14-11-,23-19-,43-34-/t44-,45?,46-/m0/s1. The minimum atomic E-state index is 0.215. The van der Waals surface area contributed by atoms with Crippen LogP contribution in [0.2, 0.25) is 0 Å². The monoisotopic (exact) mass is 737 g/mol. The molecule has 3 atom stereocenters. The highest BCUT2D eigenvalue weighted by Crippen LogP contribution is 2.27. The van der Waals surface area contributed by atoms with Gasteiger partial charge in [0.2, 0.25) is 0 Å². The highest BCUT2D eigenvalue weighted by molar-refractivity contribution is 5.84. The van der Waals surface area contributed by atoms with Crippen LogP contribution in [0.5, 0.6) is 0 Å². The molecule has 0 bridgehead atoms. The third-order valence-electron chi connectivity index (χ3n) is 10.8. The van der Waals surface area contributed by atoms with E-state index in [9.17, 15) is 0 Å². The van der Waals surface area contributed by atoms with Crippen molar-refractivity contribution < 1.29 is 0 Å². The summed E-state index contributed by atoms with van der Waals surface area (Å²) < 4.78 is 0. The van der Waals surface area contributed by atoms with Crippen molar-refractivity contribution in [1.29, 1.82) is 0 Å². The van der Waals surface area contributed by atoms with Crippen LogP contribution in [0.3, 0.4) is 0 Å². The molecule has 2 aliphatic rings. The summed E-state index contributed by atoms with van der Waals surface area (Å²) in [6.07, 6.45) is 30.3. The van der Waals surface area contributed by atoms with Crippen molar-refractivity contribution >= 4 is 11.7 Å². The summed E-state index contributed by atoms with van der Waals surface area (Å²) in [5.41, 5.74) is 5.03. The zero-order valence-electron chi connectivity index (χ0n) is 34.8. The molecule has 3 rings (SSSR count). The van der Waals surface area contributed by atoms with Gasteiger partial charge in [-0.3, -0.25) is 14.9 Å². The quantitative estimate of drug-likeness (QED) is 0.0453. The summed E-state index contributed by atoms with van der Waals surface area (Å²) in [5.74, 6) is 3.41. The largest absolute Gasteiger partial charge is 0.372 e. The van der Waals surface area contributed by atoms with E-state index in [1.165, 1.54) is 49.7 Å². The number of nitrogens with zero attached hydrogens (tertiary/aromatic N) is 3. The number of rotatable bonds is 23. The van der Waals surface area contributed by atoms with Gasteiger partial charge in [0, 0.05) is 44.6 Å². The highest BCUT2D eigenvalue weighted by atomic mass is 15.1. The Labute approximate surface area is 331 Å². The highest BCUT2D eigenvalue weighted by Gasteiger charge is 2.20. The molecule has 6 heteroatoms. The van der Waals surface area contributed by atoms with Crippen LogP contribution < -0.4 is 16.0 Å². The summed E-state index contributed by atoms with van der Waals surface area (Å²) in [6, 6.07) is 11.3. The average molecular weight is 737 g/mol. The molecule has 1 saturated carbocycles. The zero-order valence-corrected chi connectivity index (χ0v) is 34.8. The van der Waals surface area contributed by atoms with Crippen LogP contribution in [0.1, 0.15) is 122 Å². The fourth-order valence-electron chi connectivity index (χ4n) is 7.86. The molecule has 1 unspecified atom stereocenters. The lowest BCUT2D eigenvalue weighted by Crippen LogP contribution is -2.38. The van der Waals surface area contributed by atoms with E-state index in [0.717, 1.165) is 119 Å². The Hall–Kier alpha value is -3.48. The van der Waals surface area contributed by atoms with Gasteiger partial charge in [0.25, 0.3) is 0 Å². The predicted octanol–water partition coefficient (Wildman–Crippen LogP) is 10.7. The van der Waals surface area contributed by atoms with Crippen molar-refractivity contribution in [1.82, 2.24) is 20.9 Å². The Morgan fingerprint density at radius 3 is 2.56 bits per heavy atom. The van der Waals surface area contributed by atoms with Crippen LogP contribution in [-0.2, 0) is 0 Å². The Balaban J connectivity index is 1.60. The van der Waals surface area contributed by atoms with Gasteiger partial charge in [0.05, 0.1) is 12.4 Å². The van der Waals surface area contributed by atoms with Crippen LogP contribution in [-0.4, -0.2) is 69.4 Å². The van der Waals surface area contributed by atoms with E-state index in [-0.39, 0.29) is 12.1 Å². The van der Waals surface area contributed by atoms with E-state index in [4.69, 9.17) is 9.98 Å². The van der Waals surface area contributed by atoms with E-state index in [1.807, 2.05) is 7.05 Å². The fourth-order valence-corrected chi connectivity index (χ4v) is 7.86. The van der Waals surface area contributed by atoms with Gasteiger partial charge in [-0.15, -0.1) is 6.58 Å².